The van der Waals surface area contributed by atoms with Crippen molar-refractivity contribution in [2.45, 2.75) is 0 Å². The lowest BCUT2D eigenvalue weighted by Gasteiger charge is -2.07. The number of allylic oxidation sites excluding steroid dienone is 1. The molecule has 2 aromatic rings. The third kappa shape index (κ3) is 2.64. The highest BCUT2D eigenvalue weighted by atomic mass is 35.5. The molecule has 0 aromatic heterocycles. The predicted octanol–water partition coefficient (Wildman–Crippen LogP) is 3.94. The van der Waals surface area contributed by atoms with E-state index in [9.17, 15) is 9.59 Å². The van der Waals surface area contributed by atoms with Crippen LogP contribution in [0.5, 0.6) is 0 Å². The molecule has 0 saturated heterocycles. The summed E-state index contributed by atoms with van der Waals surface area (Å²) in [5, 5.41) is 0.369. The Morgan fingerprint density at radius 3 is 2.00 bits per heavy atom. The van der Waals surface area contributed by atoms with Gasteiger partial charge in [-0.05, 0) is 18.2 Å². The molecule has 0 unspecified atom stereocenters. The minimum Gasteiger partial charge on any atom is -0.289 e. The summed E-state index contributed by atoms with van der Waals surface area (Å²) in [5.74, 6) is -0.549. The SMILES string of the molecule is C=CC(=O)c1ccccc1C(=O)c1ccccc1Cl. The highest BCUT2D eigenvalue weighted by Gasteiger charge is 2.17. The van der Waals surface area contributed by atoms with E-state index in [1.54, 1.807) is 48.5 Å². The van der Waals surface area contributed by atoms with Crippen molar-refractivity contribution in [3.05, 3.63) is 82.9 Å². The molecule has 19 heavy (non-hydrogen) atoms. The Balaban J connectivity index is 2.54. The summed E-state index contributed by atoms with van der Waals surface area (Å²) in [5.41, 5.74) is 1.05. The van der Waals surface area contributed by atoms with Crippen LogP contribution < -0.4 is 0 Å². The summed E-state index contributed by atoms with van der Waals surface area (Å²) in [6.45, 7) is 3.44. The molecule has 2 aromatic carbocycles. The van der Waals surface area contributed by atoms with Crippen LogP contribution in [0.25, 0.3) is 0 Å². The second-order valence-corrected chi connectivity index (χ2v) is 4.33. The zero-order chi connectivity index (χ0) is 13.8. The fraction of sp³-hybridized carbons (Fsp3) is 0. The first-order valence-corrected chi connectivity index (χ1v) is 6.08. The molecule has 0 amide bonds. The lowest BCUT2D eigenvalue weighted by atomic mass is 9.96. The topological polar surface area (TPSA) is 34.1 Å². The molecule has 2 nitrogen and oxygen atoms in total. The average Bonchev–Trinajstić information content (AvgIpc) is 2.46. The Morgan fingerprint density at radius 1 is 0.895 bits per heavy atom. The molecular weight excluding hydrogens is 260 g/mol. The minimum atomic E-state index is -0.281. The minimum absolute atomic E-state index is 0.267. The number of ketones is 2. The van der Waals surface area contributed by atoms with Gasteiger partial charge in [0, 0.05) is 16.7 Å². The normalized spacial score (nSPS) is 9.95. The van der Waals surface area contributed by atoms with Crippen molar-refractivity contribution >= 4 is 23.2 Å². The van der Waals surface area contributed by atoms with Gasteiger partial charge in [-0.3, -0.25) is 9.59 Å². The Kier molecular flexibility index (Phi) is 3.93. The van der Waals surface area contributed by atoms with Crippen molar-refractivity contribution in [3.63, 3.8) is 0 Å². The van der Waals surface area contributed by atoms with Crippen LogP contribution in [0, 0.1) is 0 Å². The third-order valence-corrected chi connectivity index (χ3v) is 3.07. The first kappa shape index (κ1) is 13.2. The highest BCUT2D eigenvalue weighted by molar-refractivity contribution is 6.35. The number of carbonyl (C=O) groups excluding carboxylic acids is 2. The monoisotopic (exact) mass is 270 g/mol. The Hall–Kier alpha value is -2.19. The molecular formula is C16H11ClO2. The van der Waals surface area contributed by atoms with Crippen LogP contribution in [0.2, 0.25) is 5.02 Å². The van der Waals surface area contributed by atoms with Crippen LogP contribution in [-0.2, 0) is 0 Å². The second-order valence-electron chi connectivity index (χ2n) is 3.92. The van der Waals surface area contributed by atoms with Crippen molar-refractivity contribution in [2.24, 2.45) is 0 Å². The Morgan fingerprint density at radius 2 is 1.42 bits per heavy atom. The highest BCUT2D eigenvalue weighted by Crippen LogP contribution is 2.21. The number of benzene rings is 2. The largest absolute Gasteiger partial charge is 0.289 e. The van der Waals surface area contributed by atoms with Gasteiger partial charge < -0.3 is 0 Å². The molecule has 0 bridgehead atoms. The van der Waals surface area contributed by atoms with Gasteiger partial charge in [0.05, 0.1) is 5.02 Å². The summed E-state index contributed by atoms with van der Waals surface area (Å²) in [7, 11) is 0. The maximum absolute atomic E-state index is 12.4. The first-order chi connectivity index (χ1) is 9.15. The molecule has 0 aliphatic heterocycles. The zero-order valence-electron chi connectivity index (χ0n) is 10.1. The van der Waals surface area contributed by atoms with Crippen LogP contribution in [0.1, 0.15) is 26.3 Å². The molecule has 0 saturated carbocycles. The van der Waals surface area contributed by atoms with E-state index in [-0.39, 0.29) is 11.6 Å². The number of carbonyl (C=O) groups is 2. The van der Waals surface area contributed by atoms with Gasteiger partial charge in [0.2, 0.25) is 0 Å². The van der Waals surface area contributed by atoms with E-state index in [2.05, 4.69) is 6.58 Å². The van der Waals surface area contributed by atoms with Gasteiger partial charge >= 0.3 is 0 Å². The fourth-order valence-corrected chi connectivity index (χ4v) is 2.02. The summed E-state index contributed by atoms with van der Waals surface area (Å²) < 4.78 is 0. The van der Waals surface area contributed by atoms with E-state index in [0.717, 1.165) is 0 Å². The van der Waals surface area contributed by atoms with Crippen LogP contribution in [0.3, 0.4) is 0 Å². The van der Waals surface area contributed by atoms with Gasteiger partial charge in [-0.1, -0.05) is 54.6 Å². The third-order valence-electron chi connectivity index (χ3n) is 2.74. The predicted molar refractivity (Wildman–Crippen MR) is 75.9 cm³/mol. The molecule has 0 N–H and O–H groups in total. The molecule has 94 valence electrons. The zero-order valence-corrected chi connectivity index (χ0v) is 10.9. The smallest absolute Gasteiger partial charge is 0.195 e. The van der Waals surface area contributed by atoms with E-state index < -0.39 is 0 Å². The Labute approximate surface area is 116 Å². The molecule has 3 heteroatoms. The van der Waals surface area contributed by atoms with Crippen LogP contribution in [-0.4, -0.2) is 11.6 Å². The second kappa shape index (κ2) is 5.63. The van der Waals surface area contributed by atoms with Gasteiger partial charge in [-0.15, -0.1) is 0 Å². The quantitative estimate of drug-likeness (QED) is 0.623. The van der Waals surface area contributed by atoms with Gasteiger partial charge in [0.15, 0.2) is 11.6 Å². The van der Waals surface area contributed by atoms with E-state index in [1.165, 1.54) is 6.08 Å². The van der Waals surface area contributed by atoms with Gasteiger partial charge in [-0.25, -0.2) is 0 Å². The van der Waals surface area contributed by atoms with Crippen LogP contribution >= 0.6 is 11.6 Å². The van der Waals surface area contributed by atoms with E-state index in [0.29, 0.717) is 21.7 Å². The van der Waals surface area contributed by atoms with Crippen molar-refractivity contribution in [3.8, 4) is 0 Å². The summed E-state index contributed by atoms with van der Waals surface area (Å²) in [6, 6.07) is 13.4. The van der Waals surface area contributed by atoms with Gasteiger partial charge in [0.25, 0.3) is 0 Å². The van der Waals surface area contributed by atoms with Gasteiger partial charge in [-0.2, -0.15) is 0 Å². The molecule has 0 radical (unpaired) electrons. The van der Waals surface area contributed by atoms with Crippen molar-refractivity contribution < 1.29 is 9.59 Å². The lowest BCUT2D eigenvalue weighted by molar-refractivity contribution is 0.101. The van der Waals surface area contributed by atoms with Crippen molar-refractivity contribution in [1.29, 1.82) is 0 Å². The number of rotatable bonds is 4. The summed E-state index contributed by atoms with van der Waals surface area (Å²) in [4.78, 5) is 24.2. The molecule has 0 heterocycles. The van der Waals surface area contributed by atoms with Crippen molar-refractivity contribution in [2.75, 3.05) is 0 Å². The molecule has 0 aliphatic carbocycles. The van der Waals surface area contributed by atoms with Crippen molar-refractivity contribution in [1.82, 2.24) is 0 Å². The summed E-state index contributed by atoms with van der Waals surface area (Å²) in [6.07, 6.45) is 1.19. The molecule has 0 aliphatic rings. The summed E-state index contributed by atoms with van der Waals surface area (Å²) >= 11 is 6.01. The molecule has 0 spiro atoms. The van der Waals surface area contributed by atoms with E-state index in [1.807, 2.05) is 0 Å². The maximum atomic E-state index is 12.4. The maximum Gasteiger partial charge on any atom is 0.195 e. The molecule has 0 atom stereocenters. The Bertz CT molecular complexity index is 659. The average molecular weight is 271 g/mol. The fourth-order valence-electron chi connectivity index (χ4n) is 1.80. The van der Waals surface area contributed by atoms with Crippen LogP contribution in [0.4, 0.5) is 0 Å². The number of hydrogen-bond donors (Lipinski definition) is 0. The molecule has 2 rings (SSSR count). The molecule has 0 fully saturated rings. The van der Waals surface area contributed by atoms with E-state index >= 15 is 0 Å². The van der Waals surface area contributed by atoms with Crippen LogP contribution in [0.15, 0.2) is 61.2 Å². The standard InChI is InChI=1S/C16H11ClO2/c1-2-15(18)11-7-3-4-8-12(11)16(19)13-9-5-6-10-14(13)17/h2-10H,1H2. The lowest BCUT2D eigenvalue weighted by Crippen LogP contribution is -2.09. The van der Waals surface area contributed by atoms with Gasteiger partial charge in [0.1, 0.15) is 0 Å². The first-order valence-electron chi connectivity index (χ1n) is 5.70. The van der Waals surface area contributed by atoms with E-state index in [4.69, 9.17) is 11.6 Å². The number of hydrogen-bond acceptors (Lipinski definition) is 2. The number of halogens is 1.